The standard InChI is InChI=1S/C16H18Cl2S/c1-13-2-4-15(5-3-13)16(11-17,12-18)8-6-14-7-9-19-10-14/h2-5,7,9-10H,6,8,11-12H2,1H3. The number of hydrogen-bond donors (Lipinski definition) is 0. The second-order valence-corrected chi connectivity index (χ2v) is 6.36. The van der Waals surface area contributed by atoms with Gasteiger partial charge in [-0.3, -0.25) is 0 Å². The Balaban J connectivity index is 2.19. The summed E-state index contributed by atoms with van der Waals surface area (Å²) in [6, 6.07) is 10.8. The SMILES string of the molecule is Cc1ccc(C(CCl)(CCl)CCc2ccsc2)cc1. The number of aryl methyl sites for hydroxylation is 2. The van der Waals surface area contributed by atoms with Gasteiger partial charge in [0.05, 0.1) is 0 Å². The highest BCUT2D eigenvalue weighted by molar-refractivity contribution is 7.07. The molecule has 2 rings (SSSR count). The average molecular weight is 313 g/mol. The number of alkyl halides is 2. The molecule has 1 aromatic heterocycles. The largest absolute Gasteiger partial charge is 0.152 e. The zero-order valence-corrected chi connectivity index (χ0v) is 13.4. The van der Waals surface area contributed by atoms with E-state index in [4.69, 9.17) is 23.2 Å². The Morgan fingerprint density at radius 3 is 2.26 bits per heavy atom. The molecule has 0 aliphatic carbocycles. The van der Waals surface area contributed by atoms with Crippen LogP contribution in [0.15, 0.2) is 41.1 Å². The van der Waals surface area contributed by atoms with E-state index in [0.29, 0.717) is 11.8 Å². The molecular formula is C16H18Cl2S. The van der Waals surface area contributed by atoms with Crippen LogP contribution in [0.5, 0.6) is 0 Å². The molecule has 0 saturated carbocycles. The molecule has 0 atom stereocenters. The van der Waals surface area contributed by atoms with Gasteiger partial charge in [-0.25, -0.2) is 0 Å². The number of rotatable bonds is 6. The van der Waals surface area contributed by atoms with Crippen molar-refractivity contribution in [3.63, 3.8) is 0 Å². The molecule has 0 nitrogen and oxygen atoms in total. The van der Waals surface area contributed by atoms with Gasteiger partial charge in [-0.2, -0.15) is 11.3 Å². The molecule has 0 bridgehead atoms. The molecule has 0 saturated heterocycles. The normalized spacial score (nSPS) is 11.7. The zero-order chi connectivity index (χ0) is 13.7. The maximum atomic E-state index is 6.26. The summed E-state index contributed by atoms with van der Waals surface area (Å²) in [5, 5.41) is 4.31. The summed E-state index contributed by atoms with van der Waals surface area (Å²) in [6.07, 6.45) is 2.01. The van der Waals surface area contributed by atoms with Crippen molar-refractivity contribution in [1.82, 2.24) is 0 Å². The number of benzene rings is 1. The smallest absolute Gasteiger partial charge is 0.0332 e. The topological polar surface area (TPSA) is 0 Å². The summed E-state index contributed by atoms with van der Waals surface area (Å²) >= 11 is 14.3. The van der Waals surface area contributed by atoms with E-state index in [2.05, 4.69) is 48.0 Å². The van der Waals surface area contributed by atoms with E-state index in [1.807, 2.05) is 0 Å². The maximum absolute atomic E-state index is 6.26. The summed E-state index contributed by atoms with van der Waals surface area (Å²) in [6.45, 7) is 2.10. The lowest BCUT2D eigenvalue weighted by atomic mass is 9.79. The Morgan fingerprint density at radius 1 is 1.05 bits per heavy atom. The van der Waals surface area contributed by atoms with Crippen LogP contribution >= 0.6 is 34.5 Å². The van der Waals surface area contributed by atoms with Gasteiger partial charge in [-0.05, 0) is 47.7 Å². The molecule has 0 aliphatic heterocycles. The minimum absolute atomic E-state index is 0.126. The van der Waals surface area contributed by atoms with Crippen molar-refractivity contribution in [2.24, 2.45) is 0 Å². The third-order valence-electron chi connectivity index (χ3n) is 3.65. The van der Waals surface area contributed by atoms with E-state index >= 15 is 0 Å². The van der Waals surface area contributed by atoms with Gasteiger partial charge < -0.3 is 0 Å². The van der Waals surface area contributed by atoms with Gasteiger partial charge in [0.25, 0.3) is 0 Å². The third kappa shape index (κ3) is 3.53. The first kappa shape index (κ1) is 14.9. The Kier molecular flexibility index (Phi) is 5.32. The minimum Gasteiger partial charge on any atom is -0.152 e. The van der Waals surface area contributed by atoms with Crippen LogP contribution in [0.4, 0.5) is 0 Å². The van der Waals surface area contributed by atoms with Gasteiger partial charge >= 0.3 is 0 Å². The molecule has 0 spiro atoms. The molecule has 0 unspecified atom stereocenters. The third-order valence-corrected chi connectivity index (χ3v) is 5.40. The molecule has 102 valence electrons. The van der Waals surface area contributed by atoms with Crippen LogP contribution < -0.4 is 0 Å². The van der Waals surface area contributed by atoms with Crippen molar-refractivity contribution >= 4 is 34.5 Å². The van der Waals surface area contributed by atoms with Crippen molar-refractivity contribution in [2.75, 3.05) is 11.8 Å². The number of halogens is 2. The molecule has 1 heterocycles. The molecule has 0 radical (unpaired) electrons. The van der Waals surface area contributed by atoms with Crippen LogP contribution in [0.2, 0.25) is 0 Å². The molecule has 0 amide bonds. The molecule has 0 aliphatic rings. The predicted molar refractivity (Wildman–Crippen MR) is 86.9 cm³/mol. The Morgan fingerprint density at radius 2 is 1.74 bits per heavy atom. The molecular weight excluding hydrogens is 295 g/mol. The van der Waals surface area contributed by atoms with Gasteiger partial charge in [-0.15, -0.1) is 23.2 Å². The zero-order valence-electron chi connectivity index (χ0n) is 11.0. The van der Waals surface area contributed by atoms with Crippen molar-refractivity contribution in [1.29, 1.82) is 0 Å². The van der Waals surface area contributed by atoms with Crippen LogP contribution in [-0.4, -0.2) is 11.8 Å². The lowest BCUT2D eigenvalue weighted by Gasteiger charge is -2.30. The molecule has 1 aromatic carbocycles. The highest BCUT2D eigenvalue weighted by Gasteiger charge is 2.30. The van der Waals surface area contributed by atoms with Crippen LogP contribution in [0.25, 0.3) is 0 Å². The molecule has 0 fully saturated rings. The van der Waals surface area contributed by atoms with Crippen molar-refractivity contribution in [3.8, 4) is 0 Å². The second kappa shape index (κ2) is 6.78. The Bertz CT molecular complexity index is 484. The number of thiophene rings is 1. The van der Waals surface area contributed by atoms with Crippen molar-refractivity contribution in [3.05, 3.63) is 57.8 Å². The summed E-state index contributed by atoms with van der Waals surface area (Å²) < 4.78 is 0. The van der Waals surface area contributed by atoms with E-state index in [1.54, 1.807) is 11.3 Å². The fourth-order valence-corrected chi connectivity index (χ4v) is 3.76. The lowest BCUT2D eigenvalue weighted by Crippen LogP contribution is -2.31. The highest BCUT2D eigenvalue weighted by Crippen LogP contribution is 2.33. The minimum atomic E-state index is -0.126. The summed E-state index contributed by atoms with van der Waals surface area (Å²) in [5.74, 6) is 1.12. The molecule has 2 aromatic rings. The van der Waals surface area contributed by atoms with Gasteiger partial charge in [0.15, 0.2) is 0 Å². The fourth-order valence-electron chi connectivity index (χ4n) is 2.19. The van der Waals surface area contributed by atoms with E-state index in [0.717, 1.165) is 12.8 Å². The first-order valence-corrected chi connectivity index (χ1v) is 8.41. The van der Waals surface area contributed by atoms with Gasteiger partial charge in [0, 0.05) is 17.2 Å². The maximum Gasteiger partial charge on any atom is 0.0332 e. The van der Waals surface area contributed by atoms with Gasteiger partial charge in [0.1, 0.15) is 0 Å². The van der Waals surface area contributed by atoms with Gasteiger partial charge in [0.2, 0.25) is 0 Å². The number of hydrogen-bond acceptors (Lipinski definition) is 1. The van der Waals surface area contributed by atoms with E-state index in [9.17, 15) is 0 Å². The van der Waals surface area contributed by atoms with Crippen molar-refractivity contribution in [2.45, 2.75) is 25.2 Å². The van der Waals surface area contributed by atoms with Crippen LogP contribution in [0.3, 0.4) is 0 Å². The summed E-state index contributed by atoms with van der Waals surface area (Å²) in [7, 11) is 0. The quantitative estimate of drug-likeness (QED) is 0.626. The Labute approximate surface area is 129 Å². The van der Waals surface area contributed by atoms with E-state index < -0.39 is 0 Å². The predicted octanol–water partition coefficient (Wildman–Crippen LogP) is 5.40. The van der Waals surface area contributed by atoms with Gasteiger partial charge in [-0.1, -0.05) is 29.8 Å². The van der Waals surface area contributed by atoms with E-state index in [-0.39, 0.29) is 5.41 Å². The average Bonchev–Trinajstić information content (AvgIpc) is 2.95. The van der Waals surface area contributed by atoms with Crippen molar-refractivity contribution < 1.29 is 0 Å². The highest BCUT2D eigenvalue weighted by atomic mass is 35.5. The monoisotopic (exact) mass is 312 g/mol. The molecule has 19 heavy (non-hydrogen) atoms. The lowest BCUT2D eigenvalue weighted by molar-refractivity contribution is 0.493. The van der Waals surface area contributed by atoms with Crippen LogP contribution in [-0.2, 0) is 11.8 Å². The second-order valence-electron chi connectivity index (χ2n) is 5.05. The Hall–Kier alpha value is -0.500. The fraction of sp³-hybridized carbons (Fsp3) is 0.375. The summed E-state index contributed by atoms with van der Waals surface area (Å²) in [4.78, 5) is 0. The van der Waals surface area contributed by atoms with Crippen LogP contribution in [0.1, 0.15) is 23.1 Å². The first-order chi connectivity index (χ1) is 9.20. The van der Waals surface area contributed by atoms with E-state index in [1.165, 1.54) is 16.7 Å². The summed E-state index contributed by atoms with van der Waals surface area (Å²) in [5.41, 5.74) is 3.76. The first-order valence-electron chi connectivity index (χ1n) is 6.40. The van der Waals surface area contributed by atoms with Crippen LogP contribution in [0, 0.1) is 6.92 Å². The molecule has 0 N–H and O–H groups in total. The molecule has 3 heteroatoms.